The molecule has 0 saturated heterocycles. The largest absolute Gasteiger partial charge is 0.504 e. The van der Waals surface area contributed by atoms with Crippen LogP contribution >= 0.6 is 0 Å². The number of aromatic hydroxyl groups is 1. The van der Waals surface area contributed by atoms with Gasteiger partial charge in [-0.25, -0.2) is 0 Å². The van der Waals surface area contributed by atoms with E-state index in [0.29, 0.717) is 6.54 Å². The summed E-state index contributed by atoms with van der Waals surface area (Å²) >= 11 is 0. The zero-order chi connectivity index (χ0) is 13.8. The number of phenols is 1. The highest BCUT2D eigenvalue weighted by atomic mass is 16.5. The third-order valence-electron chi connectivity index (χ3n) is 2.66. The van der Waals surface area contributed by atoms with Crippen molar-refractivity contribution in [1.29, 1.82) is 0 Å². The van der Waals surface area contributed by atoms with Crippen LogP contribution in [0.2, 0.25) is 0 Å². The maximum absolute atomic E-state index is 12.0. The molecule has 2 rings (SSSR count). The molecule has 1 heterocycles. The van der Waals surface area contributed by atoms with Crippen molar-refractivity contribution in [2.24, 2.45) is 7.05 Å². The molecule has 6 heteroatoms. The minimum absolute atomic E-state index is 0.163. The molecule has 2 N–H and O–H groups in total. The highest BCUT2D eigenvalue weighted by Crippen LogP contribution is 2.29. The van der Waals surface area contributed by atoms with Gasteiger partial charge in [0.15, 0.2) is 11.5 Å². The van der Waals surface area contributed by atoms with Gasteiger partial charge in [0.25, 0.3) is 5.91 Å². The molecule has 0 spiro atoms. The lowest BCUT2D eigenvalue weighted by Gasteiger charge is -2.08. The minimum atomic E-state index is -0.373. The fourth-order valence-corrected chi connectivity index (χ4v) is 1.69. The highest BCUT2D eigenvalue weighted by molar-refractivity contribution is 5.97. The molecule has 0 saturated carbocycles. The topological polar surface area (TPSA) is 76.4 Å². The lowest BCUT2D eigenvalue weighted by molar-refractivity contribution is 0.0947. The van der Waals surface area contributed by atoms with Gasteiger partial charge in [0, 0.05) is 13.2 Å². The van der Waals surface area contributed by atoms with Crippen LogP contribution in [0.4, 0.5) is 0 Å². The number of methoxy groups -OCH3 is 1. The van der Waals surface area contributed by atoms with Gasteiger partial charge in [-0.15, -0.1) is 0 Å². The number of hydrogen-bond acceptors (Lipinski definition) is 4. The number of benzene rings is 1. The minimum Gasteiger partial charge on any atom is -0.504 e. The first kappa shape index (κ1) is 12.9. The number of nitrogens with one attached hydrogen (secondary N) is 1. The molecule has 1 amide bonds. The lowest BCUT2D eigenvalue weighted by atomic mass is 10.1. The first-order chi connectivity index (χ1) is 9.11. The maximum Gasteiger partial charge on any atom is 0.255 e. The molecule has 100 valence electrons. The van der Waals surface area contributed by atoms with Crippen LogP contribution in [0.5, 0.6) is 11.5 Å². The molecule has 1 aromatic heterocycles. The van der Waals surface area contributed by atoms with Crippen LogP contribution in [0.25, 0.3) is 0 Å². The summed E-state index contributed by atoms with van der Waals surface area (Å²) in [6.45, 7) is 0.302. The summed E-state index contributed by atoms with van der Waals surface area (Å²) < 4.78 is 6.61. The second-order valence-electron chi connectivity index (χ2n) is 4.02. The average Bonchev–Trinajstić information content (AvgIpc) is 2.82. The zero-order valence-corrected chi connectivity index (χ0v) is 10.8. The van der Waals surface area contributed by atoms with Crippen molar-refractivity contribution in [3.8, 4) is 11.5 Å². The first-order valence-corrected chi connectivity index (χ1v) is 5.74. The fourth-order valence-electron chi connectivity index (χ4n) is 1.69. The van der Waals surface area contributed by atoms with Crippen molar-refractivity contribution >= 4 is 5.91 Å². The molecule has 0 bridgehead atoms. The molecular formula is C13H15N3O3. The summed E-state index contributed by atoms with van der Waals surface area (Å²) in [6.07, 6.45) is 1.80. The summed E-state index contributed by atoms with van der Waals surface area (Å²) in [5.74, 6) is -0.268. The van der Waals surface area contributed by atoms with Gasteiger partial charge < -0.3 is 15.2 Å². The van der Waals surface area contributed by atoms with Crippen LogP contribution < -0.4 is 10.1 Å². The molecular weight excluding hydrogens is 246 g/mol. The smallest absolute Gasteiger partial charge is 0.255 e. The van der Waals surface area contributed by atoms with E-state index < -0.39 is 0 Å². The third kappa shape index (κ3) is 2.85. The van der Waals surface area contributed by atoms with E-state index in [1.165, 1.54) is 13.2 Å². The lowest BCUT2D eigenvalue weighted by Crippen LogP contribution is -2.23. The third-order valence-corrected chi connectivity index (χ3v) is 2.66. The molecule has 1 aromatic carbocycles. The van der Waals surface area contributed by atoms with Crippen molar-refractivity contribution in [3.63, 3.8) is 0 Å². The molecule has 0 aliphatic rings. The number of carbonyl (C=O) groups excluding carboxylic acids is 1. The predicted molar refractivity (Wildman–Crippen MR) is 69.0 cm³/mol. The Morgan fingerprint density at radius 2 is 2.26 bits per heavy atom. The van der Waals surface area contributed by atoms with Crippen molar-refractivity contribution in [2.45, 2.75) is 6.54 Å². The van der Waals surface area contributed by atoms with Gasteiger partial charge in [0.2, 0.25) is 0 Å². The fraction of sp³-hybridized carbons (Fsp3) is 0.231. The van der Waals surface area contributed by atoms with E-state index in [1.807, 2.05) is 6.07 Å². The van der Waals surface area contributed by atoms with Crippen molar-refractivity contribution < 1.29 is 14.6 Å². The second-order valence-corrected chi connectivity index (χ2v) is 4.02. The number of aryl methyl sites for hydroxylation is 1. The Labute approximate surface area is 110 Å². The van der Waals surface area contributed by atoms with Crippen LogP contribution in [0.1, 0.15) is 16.1 Å². The monoisotopic (exact) mass is 261 g/mol. The van der Waals surface area contributed by atoms with E-state index in [4.69, 9.17) is 4.74 Å². The number of nitrogens with zero attached hydrogens (tertiary/aromatic N) is 2. The number of carbonyl (C=O) groups is 1. The zero-order valence-electron chi connectivity index (χ0n) is 10.8. The molecule has 0 fully saturated rings. The van der Waals surface area contributed by atoms with Gasteiger partial charge in [-0.2, -0.15) is 5.10 Å². The van der Waals surface area contributed by atoms with Gasteiger partial charge in [-0.1, -0.05) is 6.07 Å². The molecule has 0 unspecified atom stereocenters. The Bertz CT molecular complexity index is 593. The van der Waals surface area contributed by atoms with Crippen LogP contribution in [0, 0.1) is 0 Å². The number of rotatable bonds is 4. The number of ether oxygens (including phenoxy) is 1. The molecule has 6 nitrogen and oxygen atoms in total. The number of aromatic nitrogens is 2. The summed E-state index contributed by atoms with van der Waals surface area (Å²) in [5, 5.41) is 16.7. The van der Waals surface area contributed by atoms with Crippen molar-refractivity contribution in [1.82, 2.24) is 15.1 Å². The van der Waals surface area contributed by atoms with E-state index in [0.717, 1.165) is 5.69 Å². The van der Waals surface area contributed by atoms with Crippen LogP contribution in [0.3, 0.4) is 0 Å². The van der Waals surface area contributed by atoms with E-state index in [-0.39, 0.29) is 23.0 Å². The normalized spacial score (nSPS) is 10.2. The van der Waals surface area contributed by atoms with E-state index >= 15 is 0 Å². The van der Waals surface area contributed by atoms with Gasteiger partial charge in [-0.3, -0.25) is 9.48 Å². The van der Waals surface area contributed by atoms with Gasteiger partial charge >= 0.3 is 0 Å². The summed E-state index contributed by atoms with van der Waals surface area (Å²) in [4.78, 5) is 12.0. The Morgan fingerprint density at radius 1 is 1.47 bits per heavy atom. The number of para-hydroxylation sites is 1. The Hall–Kier alpha value is -2.50. The summed E-state index contributed by atoms with van der Waals surface area (Å²) in [7, 11) is 3.24. The van der Waals surface area contributed by atoms with Gasteiger partial charge in [0.05, 0.1) is 24.9 Å². The quantitative estimate of drug-likeness (QED) is 0.863. The Balaban J connectivity index is 2.08. The highest BCUT2D eigenvalue weighted by Gasteiger charge is 2.14. The molecule has 19 heavy (non-hydrogen) atoms. The SMILES string of the molecule is COc1cccc(C(=O)NCc2ccn(C)n2)c1O. The number of hydrogen-bond donors (Lipinski definition) is 2. The average molecular weight is 261 g/mol. The molecule has 0 radical (unpaired) electrons. The first-order valence-electron chi connectivity index (χ1n) is 5.74. The molecule has 0 aliphatic carbocycles. The Kier molecular flexibility index (Phi) is 3.70. The van der Waals surface area contributed by atoms with E-state index in [2.05, 4.69) is 10.4 Å². The van der Waals surface area contributed by atoms with E-state index in [1.54, 1.807) is 30.1 Å². The van der Waals surface area contributed by atoms with Gasteiger partial charge in [0.1, 0.15) is 0 Å². The molecule has 0 atom stereocenters. The van der Waals surface area contributed by atoms with Crippen LogP contribution in [0.15, 0.2) is 30.5 Å². The maximum atomic E-state index is 12.0. The Morgan fingerprint density at radius 3 is 2.89 bits per heavy atom. The van der Waals surface area contributed by atoms with Crippen molar-refractivity contribution in [2.75, 3.05) is 7.11 Å². The predicted octanol–water partition coefficient (Wildman–Crippen LogP) is 1.06. The number of phenolic OH excluding ortho intramolecular Hbond substituents is 1. The second kappa shape index (κ2) is 5.43. The molecule has 2 aromatic rings. The summed E-state index contributed by atoms with van der Waals surface area (Å²) in [6, 6.07) is 6.58. The summed E-state index contributed by atoms with van der Waals surface area (Å²) in [5.41, 5.74) is 0.925. The van der Waals surface area contributed by atoms with Crippen LogP contribution in [-0.4, -0.2) is 27.9 Å². The van der Waals surface area contributed by atoms with E-state index in [9.17, 15) is 9.90 Å². The molecule has 0 aliphatic heterocycles. The number of amides is 1. The van der Waals surface area contributed by atoms with Crippen LogP contribution in [-0.2, 0) is 13.6 Å². The van der Waals surface area contributed by atoms with Crippen molar-refractivity contribution in [3.05, 3.63) is 41.7 Å². The standard InChI is InChI=1S/C13H15N3O3/c1-16-7-6-9(15-16)8-14-13(18)10-4-3-5-11(19-2)12(10)17/h3-7,17H,8H2,1-2H3,(H,14,18). The van der Waals surface area contributed by atoms with Gasteiger partial charge in [-0.05, 0) is 18.2 Å².